The molecule has 0 saturated heterocycles. The summed E-state index contributed by atoms with van der Waals surface area (Å²) in [6, 6.07) is 2.47. The molecule has 0 saturated carbocycles. The summed E-state index contributed by atoms with van der Waals surface area (Å²) < 4.78 is 12.7. The first-order valence-corrected chi connectivity index (χ1v) is 4.18. The summed E-state index contributed by atoms with van der Waals surface area (Å²) in [6.45, 7) is 0. The van der Waals surface area contributed by atoms with Crippen LogP contribution in [0.4, 0.5) is 10.3 Å². The van der Waals surface area contributed by atoms with E-state index in [-0.39, 0.29) is 5.56 Å². The predicted molar refractivity (Wildman–Crippen MR) is 50.7 cm³/mol. The first-order chi connectivity index (χ1) is 7.25. The van der Waals surface area contributed by atoms with Gasteiger partial charge in [0.05, 0.1) is 0 Å². The fraction of sp³-hybridized carbons (Fsp3) is 0. The van der Waals surface area contributed by atoms with Gasteiger partial charge in [-0.15, -0.1) is 0 Å². The highest BCUT2D eigenvalue weighted by atomic mass is 19.1. The third kappa shape index (κ3) is 2.16. The van der Waals surface area contributed by atoms with Crippen molar-refractivity contribution in [2.75, 3.05) is 5.32 Å². The van der Waals surface area contributed by atoms with Crippen LogP contribution in [0.25, 0.3) is 0 Å². The van der Waals surface area contributed by atoms with Crippen molar-refractivity contribution >= 4 is 11.9 Å². The van der Waals surface area contributed by atoms with Crippen LogP contribution >= 0.6 is 0 Å². The van der Waals surface area contributed by atoms with E-state index in [1.54, 1.807) is 6.20 Å². The van der Waals surface area contributed by atoms with Crippen molar-refractivity contribution in [2.24, 2.45) is 0 Å². The van der Waals surface area contributed by atoms with E-state index in [1.807, 2.05) is 0 Å². The molecule has 2 heterocycles. The van der Waals surface area contributed by atoms with Gasteiger partial charge in [-0.25, -0.2) is 9.97 Å². The molecule has 0 unspecified atom stereocenters. The van der Waals surface area contributed by atoms with Gasteiger partial charge in [0.1, 0.15) is 0 Å². The summed E-state index contributed by atoms with van der Waals surface area (Å²) in [5.74, 6) is -0.814. The largest absolute Gasteiger partial charge is 0.331 e. The van der Waals surface area contributed by atoms with E-state index in [9.17, 15) is 9.18 Å². The number of rotatable bonds is 2. The number of amides is 1. The van der Waals surface area contributed by atoms with Gasteiger partial charge >= 0.3 is 0 Å². The topological polar surface area (TPSA) is 70.7 Å². The Morgan fingerprint density at radius 1 is 1.40 bits per heavy atom. The molecule has 6 heteroatoms. The average Bonchev–Trinajstić information content (AvgIpc) is 2.70. The van der Waals surface area contributed by atoms with E-state index in [0.29, 0.717) is 5.95 Å². The lowest BCUT2D eigenvalue weighted by Crippen LogP contribution is -2.13. The Labute approximate surface area is 84.4 Å². The first kappa shape index (κ1) is 9.32. The van der Waals surface area contributed by atoms with Crippen molar-refractivity contribution in [3.8, 4) is 0 Å². The molecule has 0 aromatic carbocycles. The Kier molecular flexibility index (Phi) is 2.40. The SMILES string of the molecule is O=C(Nc1ncc[nH]1)c1ccnc(F)c1. The number of anilines is 1. The van der Waals surface area contributed by atoms with Crippen molar-refractivity contribution < 1.29 is 9.18 Å². The van der Waals surface area contributed by atoms with Crippen LogP contribution in [0.3, 0.4) is 0 Å². The minimum atomic E-state index is -0.693. The number of nitrogens with one attached hydrogen (secondary N) is 2. The van der Waals surface area contributed by atoms with Gasteiger partial charge < -0.3 is 4.98 Å². The number of halogens is 1. The second-order valence-corrected chi connectivity index (χ2v) is 2.76. The lowest BCUT2D eigenvalue weighted by molar-refractivity contribution is 0.102. The zero-order chi connectivity index (χ0) is 10.7. The molecule has 2 rings (SSSR count). The standard InChI is InChI=1S/C9H7FN4O/c10-7-5-6(1-2-11-7)8(15)14-9-12-3-4-13-9/h1-5H,(H2,12,13,14,15). The van der Waals surface area contributed by atoms with Gasteiger partial charge in [-0.1, -0.05) is 0 Å². The quantitative estimate of drug-likeness (QED) is 0.725. The highest BCUT2D eigenvalue weighted by molar-refractivity contribution is 6.03. The Morgan fingerprint density at radius 3 is 2.93 bits per heavy atom. The number of carbonyl (C=O) groups excluding carboxylic acids is 1. The van der Waals surface area contributed by atoms with E-state index >= 15 is 0 Å². The monoisotopic (exact) mass is 206 g/mol. The van der Waals surface area contributed by atoms with Crippen molar-refractivity contribution in [3.63, 3.8) is 0 Å². The Bertz CT molecular complexity index is 469. The first-order valence-electron chi connectivity index (χ1n) is 4.18. The Balaban J connectivity index is 2.15. The molecule has 5 nitrogen and oxygen atoms in total. The molecule has 15 heavy (non-hydrogen) atoms. The van der Waals surface area contributed by atoms with E-state index < -0.39 is 11.9 Å². The number of hydrogen-bond acceptors (Lipinski definition) is 3. The number of H-pyrrole nitrogens is 1. The smallest absolute Gasteiger partial charge is 0.258 e. The number of nitrogens with zero attached hydrogens (tertiary/aromatic N) is 2. The van der Waals surface area contributed by atoms with Crippen LogP contribution in [0.5, 0.6) is 0 Å². The van der Waals surface area contributed by atoms with Crippen LogP contribution in [0.15, 0.2) is 30.7 Å². The second-order valence-electron chi connectivity index (χ2n) is 2.76. The fourth-order valence-corrected chi connectivity index (χ4v) is 1.06. The van der Waals surface area contributed by atoms with Gasteiger partial charge in [0.25, 0.3) is 5.91 Å². The third-order valence-electron chi connectivity index (χ3n) is 1.72. The van der Waals surface area contributed by atoms with Crippen LogP contribution < -0.4 is 5.32 Å². The molecular formula is C9H7FN4O. The summed E-state index contributed by atoms with van der Waals surface area (Å²) in [5, 5.41) is 2.47. The summed E-state index contributed by atoms with van der Waals surface area (Å²) in [5.41, 5.74) is 0.193. The zero-order valence-corrected chi connectivity index (χ0v) is 7.57. The lowest BCUT2D eigenvalue weighted by atomic mass is 10.2. The summed E-state index contributed by atoms with van der Waals surface area (Å²) in [7, 11) is 0. The molecule has 0 aliphatic carbocycles. The number of carbonyl (C=O) groups is 1. The van der Waals surface area contributed by atoms with Crippen molar-refractivity contribution in [3.05, 3.63) is 42.2 Å². The minimum Gasteiger partial charge on any atom is -0.331 e. The number of aromatic amines is 1. The van der Waals surface area contributed by atoms with E-state index in [1.165, 1.54) is 18.5 Å². The maximum Gasteiger partial charge on any atom is 0.258 e. The number of aromatic nitrogens is 3. The molecule has 0 atom stereocenters. The fourth-order valence-electron chi connectivity index (χ4n) is 1.06. The molecule has 1 amide bonds. The maximum absolute atomic E-state index is 12.7. The zero-order valence-electron chi connectivity index (χ0n) is 7.57. The van der Waals surface area contributed by atoms with Crippen LogP contribution in [0, 0.1) is 5.95 Å². The van der Waals surface area contributed by atoms with Gasteiger partial charge in [-0.3, -0.25) is 10.1 Å². The van der Waals surface area contributed by atoms with E-state index in [2.05, 4.69) is 20.3 Å². The number of hydrogen-bond donors (Lipinski definition) is 2. The predicted octanol–water partition coefficient (Wildman–Crippen LogP) is 1.20. The van der Waals surface area contributed by atoms with Crippen LogP contribution in [0.1, 0.15) is 10.4 Å². The average molecular weight is 206 g/mol. The van der Waals surface area contributed by atoms with Crippen LogP contribution in [0.2, 0.25) is 0 Å². The van der Waals surface area contributed by atoms with Gasteiger partial charge in [0.2, 0.25) is 11.9 Å². The van der Waals surface area contributed by atoms with Crippen LogP contribution in [-0.4, -0.2) is 20.9 Å². The van der Waals surface area contributed by atoms with Crippen molar-refractivity contribution in [2.45, 2.75) is 0 Å². The molecule has 0 radical (unpaired) electrons. The molecule has 2 aromatic heterocycles. The molecule has 2 aromatic rings. The van der Waals surface area contributed by atoms with Crippen molar-refractivity contribution in [1.29, 1.82) is 0 Å². The molecule has 0 spiro atoms. The molecular weight excluding hydrogens is 199 g/mol. The normalized spacial score (nSPS) is 9.93. The number of pyridine rings is 1. The van der Waals surface area contributed by atoms with Crippen molar-refractivity contribution in [1.82, 2.24) is 15.0 Å². The molecule has 0 bridgehead atoms. The van der Waals surface area contributed by atoms with Gasteiger partial charge in [0, 0.05) is 30.2 Å². The highest BCUT2D eigenvalue weighted by Gasteiger charge is 2.07. The third-order valence-corrected chi connectivity index (χ3v) is 1.72. The molecule has 2 N–H and O–H groups in total. The summed E-state index contributed by atoms with van der Waals surface area (Å²) >= 11 is 0. The Hall–Kier alpha value is -2.24. The molecule has 0 aliphatic rings. The molecule has 0 fully saturated rings. The highest BCUT2D eigenvalue weighted by Crippen LogP contribution is 2.04. The van der Waals surface area contributed by atoms with Gasteiger partial charge in [0.15, 0.2) is 0 Å². The van der Waals surface area contributed by atoms with Crippen LogP contribution in [-0.2, 0) is 0 Å². The lowest BCUT2D eigenvalue weighted by Gasteiger charge is -2.00. The van der Waals surface area contributed by atoms with E-state index in [4.69, 9.17) is 0 Å². The second kappa shape index (κ2) is 3.87. The summed E-state index contributed by atoms with van der Waals surface area (Å²) in [4.78, 5) is 21.4. The molecule has 0 aliphatic heterocycles. The Morgan fingerprint density at radius 2 is 2.27 bits per heavy atom. The van der Waals surface area contributed by atoms with E-state index in [0.717, 1.165) is 6.07 Å². The van der Waals surface area contributed by atoms with Gasteiger partial charge in [-0.2, -0.15) is 4.39 Å². The van der Waals surface area contributed by atoms with Gasteiger partial charge in [-0.05, 0) is 6.07 Å². The minimum absolute atomic E-state index is 0.193. The number of imidazole rings is 1. The molecule has 76 valence electrons. The summed E-state index contributed by atoms with van der Waals surface area (Å²) in [6.07, 6.45) is 4.30. The maximum atomic E-state index is 12.7.